The summed E-state index contributed by atoms with van der Waals surface area (Å²) in [5.41, 5.74) is -0.410. The second-order valence-corrected chi connectivity index (χ2v) is 9.19. The minimum atomic E-state index is -4.68. The van der Waals surface area contributed by atoms with Gasteiger partial charge in [-0.15, -0.1) is 0 Å². The molecule has 0 radical (unpaired) electrons. The molecule has 2 heterocycles. The third-order valence-electron chi connectivity index (χ3n) is 6.30. The zero-order valence-corrected chi connectivity index (χ0v) is 21.2. The van der Waals surface area contributed by atoms with Crippen LogP contribution in [0.5, 0.6) is 11.6 Å². The van der Waals surface area contributed by atoms with Crippen LogP contribution in [0.25, 0.3) is 16.7 Å². The number of fused-ring (bicyclic) bond motifs is 1. The molecule has 0 saturated carbocycles. The normalized spacial score (nSPS) is 11.8. The molecule has 2 aromatic carbocycles. The maximum atomic E-state index is 13.5. The molecule has 10 heteroatoms. The summed E-state index contributed by atoms with van der Waals surface area (Å²) in [7, 11) is 0. The van der Waals surface area contributed by atoms with E-state index in [2.05, 4.69) is 0 Å². The summed E-state index contributed by atoms with van der Waals surface area (Å²) in [6.45, 7) is 4.41. The van der Waals surface area contributed by atoms with Crippen LogP contribution in [-0.2, 0) is 19.1 Å². The fraction of sp³-hybridized carbons (Fsp3) is 0.357. The number of aryl methyl sites for hydroxylation is 2. The van der Waals surface area contributed by atoms with Gasteiger partial charge in [0.25, 0.3) is 0 Å². The Kier molecular flexibility index (Phi) is 7.99. The molecule has 0 atom stereocenters. The molecule has 38 heavy (non-hydrogen) atoms. The molecule has 0 amide bonds. The molecule has 2 aromatic heterocycles. The van der Waals surface area contributed by atoms with Crippen molar-refractivity contribution in [2.24, 2.45) is 0 Å². The second kappa shape index (κ2) is 11.2. The van der Waals surface area contributed by atoms with E-state index in [9.17, 15) is 27.9 Å². The maximum Gasteiger partial charge on any atom is 0.417 e. The van der Waals surface area contributed by atoms with Crippen molar-refractivity contribution in [3.8, 4) is 17.3 Å². The highest BCUT2D eigenvalue weighted by atomic mass is 19.4. The van der Waals surface area contributed by atoms with Crippen molar-refractivity contribution in [1.82, 2.24) is 9.13 Å². The number of imidazole rings is 1. The number of halogens is 3. The molecule has 0 saturated heterocycles. The van der Waals surface area contributed by atoms with Crippen LogP contribution in [0.15, 0.2) is 62.7 Å². The molecule has 7 nitrogen and oxygen atoms in total. The van der Waals surface area contributed by atoms with E-state index in [1.54, 1.807) is 6.07 Å². The molecule has 0 unspecified atom stereocenters. The monoisotopic (exact) mass is 530 g/mol. The highest BCUT2D eigenvalue weighted by Crippen LogP contribution is 2.37. The predicted molar refractivity (Wildman–Crippen MR) is 137 cm³/mol. The van der Waals surface area contributed by atoms with Gasteiger partial charge in [0.05, 0.1) is 24.1 Å². The number of alkyl halides is 3. The summed E-state index contributed by atoms with van der Waals surface area (Å²) in [4.78, 5) is 24.6. The third kappa shape index (κ3) is 5.79. The molecule has 0 fully saturated rings. The van der Waals surface area contributed by atoms with Gasteiger partial charge in [0.15, 0.2) is 0 Å². The second-order valence-electron chi connectivity index (χ2n) is 9.19. The largest absolute Gasteiger partial charge is 0.493 e. The number of hydrogen-bond acceptors (Lipinski definition) is 5. The van der Waals surface area contributed by atoms with Crippen LogP contribution in [0.1, 0.15) is 49.3 Å². The zero-order valence-electron chi connectivity index (χ0n) is 21.2. The van der Waals surface area contributed by atoms with Crippen LogP contribution < -0.4 is 16.1 Å². The highest BCUT2D eigenvalue weighted by molar-refractivity contribution is 5.85. The standard InChI is InChI=1S/C28H29F3N2O5/c1-3-8-21-23(12-11-20-22(28(29,30)31)16-25(35)38-26(20)21)37-14-6-4-5-13-32-24(34)17-33(27(32)36)19-10-7-9-18(2)15-19/h7,9-12,15-17,34H,3-6,8,13-14H2,1-2H3. The first-order chi connectivity index (χ1) is 18.1. The van der Waals surface area contributed by atoms with E-state index < -0.39 is 17.4 Å². The van der Waals surface area contributed by atoms with Gasteiger partial charge in [-0.2, -0.15) is 13.2 Å². The molecule has 1 N–H and O–H groups in total. The fourth-order valence-corrected chi connectivity index (χ4v) is 4.49. The smallest absolute Gasteiger partial charge is 0.417 e. The lowest BCUT2D eigenvalue weighted by molar-refractivity contribution is -0.136. The summed E-state index contributed by atoms with van der Waals surface area (Å²) in [5, 5.41) is 10.1. The lowest BCUT2D eigenvalue weighted by Crippen LogP contribution is -2.23. The number of rotatable bonds is 10. The molecule has 0 bridgehead atoms. The Morgan fingerprint density at radius 2 is 1.84 bits per heavy atom. The molecule has 4 aromatic rings. The number of aromatic nitrogens is 2. The molecule has 0 aliphatic rings. The van der Waals surface area contributed by atoms with Crippen molar-refractivity contribution < 1.29 is 27.4 Å². The van der Waals surface area contributed by atoms with Gasteiger partial charge in [0.1, 0.15) is 11.3 Å². The molecule has 0 spiro atoms. The minimum absolute atomic E-state index is 0.0999. The third-order valence-corrected chi connectivity index (χ3v) is 6.30. The summed E-state index contributed by atoms with van der Waals surface area (Å²) < 4.78 is 54.2. The van der Waals surface area contributed by atoms with E-state index >= 15 is 0 Å². The minimum Gasteiger partial charge on any atom is -0.493 e. The molecule has 4 rings (SSSR count). The van der Waals surface area contributed by atoms with Gasteiger partial charge in [0, 0.05) is 23.6 Å². The van der Waals surface area contributed by atoms with Crippen molar-refractivity contribution in [1.29, 1.82) is 0 Å². The Hall–Kier alpha value is -3.95. The van der Waals surface area contributed by atoms with Crippen LogP contribution in [0.4, 0.5) is 13.2 Å². The van der Waals surface area contributed by atoms with Gasteiger partial charge in [-0.25, -0.2) is 9.59 Å². The first kappa shape index (κ1) is 27.1. The Bertz CT molecular complexity index is 1550. The first-order valence-corrected chi connectivity index (χ1v) is 12.5. The Morgan fingerprint density at radius 1 is 1.05 bits per heavy atom. The van der Waals surface area contributed by atoms with Crippen LogP contribution in [0.3, 0.4) is 0 Å². The van der Waals surface area contributed by atoms with Gasteiger partial charge >= 0.3 is 17.5 Å². The van der Waals surface area contributed by atoms with Crippen LogP contribution in [-0.4, -0.2) is 20.8 Å². The highest BCUT2D eigenvalue weighted by Gasteiger charge is 2.34. The summed E-state index contributed by atoms with van der Waals surface area (Å²) in [6.07, 6.45) is -0.365. The Labute approximate surface area is 216 Å². The van der Waals surface area contributed by atoms with Crippen molar-refractivity contribution in [3.05, 3.63) is 86.3 Å². The number of aromatic hydroxyl groups is 1. The SMILES string of the molecule is CCCc1c(OCCCCCn2c(O)cn(-c3cccc(C)c3)c2=O)ccc2c(C(F)(F)F)cc(=O)oc12. The van der Waals surface area contributed by atoms with Gasteiger partial charge in [-0.3, -0.25) is 9.13 Å². The van der Waals surface area contributed by atoms with Crippen molar-refractivity contribution in [2.75, 3.05) is 6.61 Å². The number of unbranched alkanes of at least 4 members (excludes halogenated alkanes) is 2. The molecular weight excluding hydrogens is 501 g/mol. The van der Waals surface area contributed by atoms with Gasteiger partial charge < -0.3 is 14.3 Å². The topological polar surface area (TPSA) is 86.6 Å². The number of hydrogen-bond donors (Lipinski definition) is 1. The van der Waals surface area contributed by atoms with E-state index in [0.29, 0.717) is 61.7 Å². The van der Waals surface area contributed by atoms with Gasteiger partial charge in [0.2, 0.25) is 5.88 Å². The fourth-order valence-electron chi connectivity index (χ4n) is 4.49. The molecule has 0 aliphatic heterocycles. The summed E-state index contributed by atoms with van der Waals surface area (Å²) >= 11 is 0. The van der Waals surface area contributed by atoms with Crippen molar-refractivity contribution in [2.45, 2.75) is 58.7 Å². The van der Waals surface area contributed by atoms with Gasteiger partial charge in [-0.1, -0.05) is 25.5 Å². The van der Waals surface area contributed by atoms with Crippen molar-refractivity contribution in [3.63, 3.8) is 0 Å². The van der Waals surface area contributed by atoms with E-state index in [1.165, 1.54) is 27.5 Å². The van der Waals surface area contributed by atoms with Crippen LogP contribution in [0, 0.1) is 6.92 Å². The van der Waals surface area contributed by atoms with Crippen molar-refractivity contribution >= 4 is 11.0 Å². The number of benzene rings is 2. The molecule has 202 valence electrons. The Balaban J connectivity index is 1.40. The van der Waals surface area contributed by atoms with E-state index in [4.69, 9.17) is 9.15 Å². The summed E-state index contributed by atoms with van der Waals surface area (Å²) in [5.74, 6) is 0.263. The van der Waals surface area contributed by atoms with E-state index in [-0.39, 0.29) is 29.1 Å². The van der Waals surface area contributed by atoms with Crippen LogP contribution >= 0.6 is 0 Å². The first-order valence-electron chi connectivity index (χ1n) is 12.5. The lowest BCUT2D eigenvalue weighted by atomic mass is 10.0. The lowest BCUT2D eigenvalue weighted by Gasteiger charge is -2.15. The zero-order chi connectivity index (χ0) is 27.4. The molecular formula is C28H29F3N2O5. The van der Waals surface area contributed by atoms with E-state index in [0.717, 1.165) is 5.56 Å². The van der Waals surface area contributed by atoms with E-state index in [1.807, 2.05) is 32.0 Å². The predicted octanol–water partition coefficient (Wildman–Crippen LogP) is 5.98. The average molecular weight is 531 g/mol. The average Bonchev–Trinajstić information content (AvgIpc) is 3.14. The quantitative estimate of drug-likeness (QED) is 0.201. The Morgan fingerprint density at radius 3 is 2.55 bits per heavy atom. The maximum absolute atomic E-state index is 13.5. The van der Waals surface area contributed by atoms with Crippen LogP contribution in [0.2, 0.25) is 0 Å². The molecule has 0 aliphatic carbocycles. The summed E-state index contributed by atoms with van der Waals surface area (Å²) in [6, 6.07) is 10.6. The number of ether oxygens (including phenoxy) is 1. The van der Waals surface area contributed by atoms with Gasteiger partial charge in [-0.05, 0) is 62.4 Å². The number of nitrogens with zero attached hydrogens (tertiary/aromatic N) is 2.